The lowest BCUT2D eigenvalue weighted by Crippen LogP contribution is -1.84. The van der Waals surface area contributed by atoms with Gasteiger partial charge in [0.05, 0.1) is 0 Å². The van der Waals surface area contributed by atoms with Crippen LogP contribution in [-0.2, 0) is 6.42 Å². The highest BCUT2D eigenvalue weighted by atomic mass is 16.3. The Bertz CT molecular complexity index is 745. The van der Waals surface area contributed by atoms with Crippen LogP contribution in [0.15, 0.2) is 42.5 Å². The predicted octanol–water partition coefficient (Wildman–Crippen LogP) is 3.97. The van der Waals surface area contributed by atoms with E-state index < -0.39 is 0 Å². The van der Waals surface area contributed by atoms with Gasteiger partial charge in [0.25, 0.3) is 0 Å². The van der Waals surface area contributed by atoms with E-state index in [1.807, 2.05) is 42.5 Å². The van der Waals surface area contributed by atoms with Crippen LogP contribution in [0.4, 0.5) is 0 Å². The zero-order valence-electron chi connectivity index (χ0n) is 10.1. The van der Waals surface area contributed by atoms with Crippen LogP contribution in [0.25, 0.3) is 21.5 Å². The van der Waals surface area contributed by atoms with Gasteiger partial charge in [0.2, 0.25) is 0 Å². The maximum absolute atomic E-state index is 10.3. The van der Waals surface area contributed by atoms with Crippen molar-refractivity contribution in [2.45, 2.75) is 13.3 Å². The number of benzene rings is 3. The Kier molecular flexibility index (Phi) is 2.37. The molecule has 0 atom stereocenters. The number of aryl methyl sites for hydroxylation is 1. The Labute approximate surface area is 105 Å². The van der Waals surface area contributed by atoms with Crippen LogP contribution in [0.5, 0.6) is 11.5 Å². The molecule has 3 rings (SSSR count). The van der Waals surface area contributed by atoms with E-state index >= 15 is 0 Å². The first-order valence-corrected chi connectivity index (χ1v) is 6.07. The second kappa shape index (κ2) is 3.91. The molecule has 0 aliphatic heterocycles. The molecule has 3 aromatic carbocycles. The molecule has 0 aliphatic rings. The topological polar surface area (TPSA) is 40.5 Å². The van der Waals surface area contributed by atoms with Crippen molar-refractivity contribution in [3.05, 3.63) is 48.0 Å². The van der Waals surface area contributed by atoms with Gasteiger partial charge in [-0.2, -0.15) is 0 Å². The van der Waals surface area contributed by atoms with Gasteiger partial charge in [0.1, 0.15) is 11.5 Å². The van der Waals surface area contributed by atoms with E-state index in [4.69, 9.17) is 0 Å². The van der Waals surface area contributed by atoms with Crippen LogP contribution in [0.1, 0.15) is 12.5 Å². The minimum absolute atomic E-state index is 0.237. The van der Waals surface area contributed by atoms with E-state index in [1.54, 1.807) is 0 Å². The van der Waals surface area contributed by atoms with Crippen LogP contribution in [0.2, 0.25) is 0 Å². The minimum atomic E-state index is 0.237. The summed E-state index contributed by atoms with van der Waals surface area (Å²) in [5, 5.41) is 23.4. The highest BCUT2D eigenvalue weighted by Crippen LogP contribution is 2.41. The maximum atomic E-state index is 10.3. The fourth-order valence-corrected chi connectivity index (χ4v) is 2.40. The quantitative estimate of drug-likeness (QED) is 0.497. The Morgan fingerprint density at radius 1 is 0.778 bits per heavy atom. The molecule has 3 aromatic rings. The van der Waals surface area contributed by atoms with Gasteiger partial charge in [-0.05, 0) is 18.1 Å². The standard InChI is InChI=1S/C16H14O2/c1-2-10-7-8-13-14(9-10)16(18)12-6-4-3-5-11(12)15(13)17/h3-9,17-18H,2H2,1H3. The number of fused-ring (bicyclic) bond motifs is 2. The first-order chi connectivity index (χ1) is 8.72. The van der Waals surface area contributed by atoms with Gasteiger partial charge < -0.3 is 10.2 Å². The van der Waals surface area contributed by atoms with Crippen molar-refractivity contribution in [1.29, 1.82) is 0 Å². The van der Waals surface area contributed by atoms with Crippen LogP contribution < -0.4 is 0 Å². The molecule has 2 N–H and O–H groups in total. The van der Waals surface area contributed by atoms with E-state index in [9.17, 15) is 10.2 Å². The number of aromatic hydroxyl groups is 2. The normalized spacial score (nSPS) is 11.2. The van der Waals surface area contributed by atoms with E-state index in [-0.39, 0.29) is 11.5 Å². The van der Waals surface area contributed by atoms with E-state index in [2.05, 4.69) is 6.92 Å². The Morgan fingerprint density at radius 2 is 1.33 bits per heavy atom. The molecule has 0 spiro atoms. The highest BCUT2D eigenvalue weighted by molar-refractivity contribution is 6.10. The summed E-state index contributed by atoms with van der Waals surface area (Å²) in [6.45, 7) is 2.07. The third-order valence-electron chi connectivity index (χ3n) is 3.44. The number of hydrogen-bond donors (Lipinski definition) is 2. The summed E-state index contributed by atoms with van der Waals surface area (Å²) >= 11 is 0. The minimum Gasteiger partial charge on any atom is -0.507 e. The fourth-order valence-electron chi connectivity index (χ4n) is 2.40. The van der Waals surface area contributed by atoms with Crippen molar-refractivity contribution in [2.24, 2.45) is 0 Å². The summed E-state index contributed by atoms with van der Waals surface area (Å²) in [7, 11) is 0. The van der Waals surface area contributed by atoms with Gasteiger partial charge in [-0.3, -0.25) is 0 Å². The summed E-state index contributed by atoms with van der Waals surface area (Å²) in [4.78, 5) is 0. The average molecular weight is 238 g/mol. The second-order valence-corrected chi connectivity index (χ2v) is 4.48. The smallest absolute Gasteiger partial charge is 0.131 e. The van der Waals surface area contributed by atoms with Crippen molar-refractivity contribution in [3.63, 3.8) is 0 Å². The van der Waals surface area contributed by atoms with Gasteiger partial charge in [-0.1, -0.05) is 43.3 Å². The van der Waals surface area contributed by atoms with Crippen molar-refractivity contribution in [1.82, 2.24) is 0 Å². The molecule has 18 heavy (non-hydrogen) atoms. The molecule has 0 aliphatic carbocycles. The van der Waals surface area contributed by atoms with Crippen LogP contribution in [0, 0.1) is 0 Å². The SMILES string of the molecule is CCc1ccc2c(O)c3ccccc3c(O)c2c1. The maximum Gasteiger partial charge on any atom is 0.131 e. The molecule has 0 saturated carbocycles. The van der Waals surface area contributed by atoms with Gasteiger partial charge in [0, 0.05) is 21.5 Å². The molecule has 0 fully saturated rings. The third kappa shape index (κ3) is 1.42. The molecule has 0 aromatic heterocycles. The molecule has 0 unspecified atom stereocenters. The molecule has 2 heteroatoms. The molecule has 2 nitrogen and oxygen atoms in total. The largest absolute Gasteiger partial charge is 0.507 e. The zero-order valence-corrected chi connectivity index (χ0v) is 10.1. The summed E-state index contributed by atoms with van der Waals surface area (Å²) < 4.78 is 0. The number of rotatable bonds is 1. The fraction of sp³-hybridized carbons (Fsp3) is 0.125. The number of hydrogen-bond acceptors (Lipinski definition) is 2. The molecule has 90 valence electrons. The lowest BCUT2D eigenvalue weighted by atomic mass is 9.98. The monoisotopic (exact) mass is 238 g/mol. The number of phenolic OH excluding ortho intramolecular Hbond substituents is 2. The molecule has 0 radical (unpaired) electrons. The highest BCUT2D eigenvalue weighted by Gasteiger charge is 2.12. The van der Waals surface area contributed by atoms with Gasteiger partial charge >= 0.3 is 0 Å². The van der Waals surface area contributed by atoms with E-state index in [0.29, 0.717) is 21.5 Å². The molecular weight excluding hydrogens is 224 g/mol. The van der Waals surface area contributed by atoms with Crippen molar-refractivity contribution >= 4 is 21.5 Å². The van der Waals surface area contributed by atoms with Gasteiger partial charge in [-0.25, -0.2) is 0 Å². The Morgan fingerprint density at radius 3 is 1.94 bits per heavy atom. The third-order valence-corrected chi connectivity index (χ3v) is 3.44. The van der Waals surface area contributed by atoms with Gasteiger partial charge in [0.15, 0.2) is 0 Å². The summed E-state index contributed by atoms with van der Waals surface area (Å²) in [5.41, 5.74) is 1.15. The summed E-state index contributed by atoms with van der Waals surface area (Å²) in [5.74, 6) is 0.481. The van der Waals surface area contributed by atoms with Crippen LogP contribution in [0.3, 0.4) is 0 Å². The van der Waals surface area contributed by atoms with E-state index in [1.165, 1.54) is 0 Å². The van der Waals surface area contributed by atoms with Gasteiger partial charge in [-0.15, -0.1) is 0 Å². The lowest BCUT2D eigenvalue weighted by Gasteiger charge is -2.10. The lowest BCUT2D eigenvalue weighted by molar-refractivity contribution is 0.478. The summed E-state index contributed by atoms with van der Waals surface area (Å²) in [6.07, 6.45) is 0.906. The predicted molar refractivity (Wildman–Crippen MR) is 74.2 cm³/mol. The first kappa shape index (κ1) is 10.9. The first-order valence-electron chi connectivity index (χ1n) is 6.07. The number of phenols is 2. The average Bonchev–Trinajstić information content (AvgIpc) is 2.44. The Balaban J connectivity index is 2.54. The molecule has 0 amide bonds. The van der Waals surface area contributed by atoms with E-state index in [0.717, 1.165) is 12.0 Å². The molecular formula is C16H14O2. The van der Waals surface area contributed by atoms with Crippen LogP contribution in [-0.4, -0.2) is 10.2 Å². The van der Waals surface area contributed by atoms with Crippen molar-refractivity contribution in [3.8, 4) is 11.5 Å². The van der Waals surface area contributed by atoms with Crippen molar-refractivity contribution < 1.29 is 10.2 Å². The Hall–Kier alpha value is -2.22. The molecule has 0 heterocycles. The van der Waals surface area contributed by atoms with Crippen molar-refractivity contribution in [2.75, 3.05) is 0 Å². The molecule has 0 saturated heterocycles. The summed E-state index contributed by atoms with van der Waals surface area (Å²) in [6, 6.07) is 13.1. The molecule has 0 bridgehead atoms. The second-order valence-electron chi connectivity index (χ2n) is 4.48. The van der Waals surface area contributed by atoms with Crippen LogP contribution >= 0.6 is 0 Å². The zero-order chi connectivity index (χ0) is 12.7.